The third kappa shape index (κ3) is 30.6. The summed E-state index contributed by atoms with van der Waals surface area (Å²) in [4.78, 5) is 24.1. The second-order valence-corrected chi connectivity index (χ2v) is 11.2. The number of hydrogen-bond donors (Lipinski definition) is 2. The van der Waals surface area contributed by atoms with E-state index in [0.29, 0.717) is 6.42 Å². The first kappa shape index (κ1) is 40.3. The number of unbranched alkanes of at least 4 members (excludes halogenated alkanes) is 5. The lowest BCUT2D eigenvalue weighted by Crippen LogP contribution is -2.28. The van der Waals surface area contributed by atoms with Crippen LogP contribution in [0.3, 0.4) is 0 Å². The number of aliphatic hydroxyl groups excluding tert-OH is 2. The zero-order valence-corrected chi connectivity index (χ0v) is 27.2. The van der Waals surface area contributed by atoms with E-state index >= 15 is 0 Å². The zero-order valence-electron chi connectivity index (χ0n) is 27.2. The van der Waals surface area contributed by atoms with Crippen LogP contribution in [-0.4, -0.2) is 47.6 Å². The van der Waals surface area contributed by atoms with E-state index in [2.05, 4.69) is 69.4 Å². The van der Waals surface area contributed by atoms with E-state index in [1.807, 2.05) is 12.2 Å². The van der Waals surface area contributed by atoms with Gasteiger partial charge in [0, 0.05) is 12.8 Å². The maximum absolute atomic E-state index is 12.1. The molecule has 0 rings (SSSR count). The van der Waals surface area contributed by atoms with Gasteiger partial charge in [-0.15, -0.1) is 0 Å². The van der Waals surface area contributed by atoms with Crippen molar-refractivity contribution < 1.29 is 29.3 Å². The second-order valence-electron chi connectivity index (χ2n) is 11.2. The van der Waals surface area contributed by atoms with Gasteiger partial charge in [-0.25, -0.2) is 0 Å². The summed E-state index contributed by atoms with van der Waals surface area (Å²) in [5.41, 5.74) is 0. The van der Waals surface area contributed by atoms with Crippen molar-refractivity contribution in [1.82, 2.24) is 0 Å². The van der Waals surface area contributed by atoms with Crippen LogP contribution in [0.4, 0.5) is 0 Å². The number of aliphatic hydroxyl groups is 2. The summed E-state index contributed by atoms with van der Waals surface area (Å²) < 4.78 is 10.4. The molecule has 6 heteroatoms. The van der Waals surface area contributed by atoms with Crippen LogP contribution in [0.5, 0.6) is 0 Å². The van der Waals surface area contributed by atoms with Crippen molar-refractivity contribution in [3.8, 4) is 0 Å². The third-order valence-corrected chi connectivity index (χ3v) is 6.56. The fourth-order valence-corrected chi connectivity index (χ4v) is 4.02. The third-order valence-electron chi connectivity index (χ3n) is 6.56. The highest BCUT2D eigenvalue weighted by atomic mass is 16.6. The highest BCUT2D eigenvalue weighted by molar-refractivity contribution is 5.70. The number of carbonyl (C=O) groups excluding carboxylic acids is 2. The van der Waals surface area contributed by atoms with Crippen molar-refractivity contribution in [2.75, 3.05) is 13.2 Å². The van der Waals surface area contributed by atoms with Crippen LogP contribution in [-0.2, 0) is 19.1 Å². The van der Waals surface area contributed by atoms with E-state index in [-0.39, 0.29) is 25.4 Å². The highest BCUT2D eigenvalue weighted by Crippen LogP contribution is 2.12. The fourth-order valence-electron chi connectivity index (χ4n) is 4.02. The molecule has 244 valence electrons. The van der Waals surface area contributed by atoms with E-state index < -0.39 is 24.8 Å². The van der Waals surface area contributed by atoms with Crippen molar-refractivity contribution in [3.63, 3.8) is 0 Å². The van der Waals surface area contributed by atoms with Crippen molar-refractivity contribution in [2.24, 2.45) is 5.92 Å². The van der Waals surface area contributed by atoms with E-state index in [1.165, 1.54) is 25.7 Å². The first-order valence-electron chi connectivity index (χ1n) is 16.5. The van der Waals surface area contributed by atoms with Crippen LogP contribution in [0.15, 0.2) is 72.9 Å². The van der Waals surface area contributed by atoms with Crippen molar-refractivity contribution >= 4 is 11.9 Å². The molecule has 2 N–H and O–H groups in total. The molecule has 0 bridgehead atoms. The van der Waals surface area contributed by atoms with Gasteiger partial charge >= 0.3 is 11.9 Å². The predicted octanol–water partition coefficient (Wildman–Crippen LogP) is 8.66. The number of allylic oxidation sites excluding steroid dienone is 11. The minimum absolute atomic E-state index is 0.00120. The smallest absolute Gasteiger partial charge is 0.306 e. The molecule has 0 aromatic rings. The number of ether oxygens (including phenoxy) is 2. The Bertz CT molecular complexity index is 849. The quantitative estimate of drug-likeness (QED) is 0.0424. The normalized spacial score (nSPS) is 14.0. The monoisotopic (exact) mass is 600 g/mol. The Morgan fingerprint density at radius 2 is 1.23 bits per heavy atom. The van der Waals surface area contributed by atoms with Crippen molar-refractivity contribution in [1.29, 1.82) is 0 Å². The van der Waals surface area contributed by atoms with Crippen molar-refractivity contribution in [2.45, 2.75) is 129 Å². The topological polar surface area (TPSA) is 93.1 Å². The summed E-state index contributed by atoms with van der Waals surface area (Å²) in [6.45, 7) is 6.03. The summed E-state index contributed by atoms with van der Waals surface area (Å²) in [5.74, 6) is -0.133. The summed E-state index contributed by atoms with van der Waals surface area (Å²) in [7, 11) is 0. The van der Waals surface area contributed by atoms with Crippen LogP contribution < -0.4 is 0 Å². The molecule has 0 radical (unpaired) electrons. The molecule has 0 saturated carbocycles. The van der Waals surface area contributed by atoms with E-state index in [9.17, 15) is 19.8 Å². The van der Waals surface area contributed by atoms with Gasteiger partial charge in [0.05, 0.1) is 12.7 Å². The summed E-state index contributed by atoms with van der Waals surface area (Å²) in [5, 5.41) is 19.6. The molecular weight excluding hydrogens is 540 g/mol. The fraction of sp³-hybridized carbons (Fsp3) is 0.622. The SMILES string of the molecule is CC/C=C\C/C=C\C/C=C\C/C=C\C/C=C\C=C/C(O)CCC(=O)O[C@@H](CO)COC(=O)CCCCCCCCC(C)C. The molecular formula is C37H60O6. The molecule has 0 fully saturated rings. The molecule has 0 saturated heterocycles. The van der Waals surface area contributed by atoms with Gasteiger partial charge in [-0.05, 0) is 50.9 Å². The molecule has 0 aliphatic carbocycles. The predicted molar refractivity (Wildman–Crippen MR) is 179 cm³/mol. The van der Waals surface area contributed by atoms with Gasteiger partial charge in [-0.3, -0.25) is 9.59 Å². The Kier molecular flexibility index (Phi) is 28.8. The van der Waals surface area contributed by atoms with Crippen LogP contribution >= 0.6 is 0 Å². The molecule has 0 aromatic carbocycles. The zero-order chi connectivity index (χ0) is 31.8. The van der Waals surface area contributed by atoms with Crippen molar-refractivity contribution in [3.05, 3.63) is 72.9 Å². The van der Waals surface area contributed by atoms with E-state index in [0.717, 1.165) is 57.3 Å². The maximum Gasteiger partial charge on any atom is 0.306 e. The highest BCUT2D eigenvalue weighted by Gasteiger charge is 2.17. The molecule has 0 aliphatic heterocycles. The Morgan fingerprint density at radius 3 is 1.81 bits per heavy atom. The van der Waals surface area contributed by atoms with Crippen LogP contribution in [0.25, 0.3) is 0 Å². The number of hydrogen-bond acceptors (Lipinski definition) is 6. The molecule has 43 heavy (non-hydrogen) atoms. The molecule has 1 unspecified atom stereocenters. The van der Waals surface area contributed by atoms with Crippen LogP contribution in [0.2, 0.25) is 0 Å². The van der Waals surface area contributed by atoms with Crippen LogP contribution in [0.1, 0.15) is 117 Å². The number of rotatable bonds is 27. The van der Waals surface area contributed by atoms with Gasteiger partial charge in [0.25, 0.3) is 0 Å². The Hall–Kier alpha value is -2.70. The summed E-state index contributed by atoms with van der Waals surface area (Å²) in [6, 6.07) is 0. The average molecular weight is 601 g/mol. The number of esters is 2. The molecule has 0 amide bonds. The maximum atomic E-state index is 12.1. The minimum Gasteiger partial charge on any atom is -0.462 e. The van der Waals surface area contributed by atoms with Gasteiger partial charge in [0.1, 0.15) is 6.61 Å². The molecule has 0 spiro atoms. The first-order valence-corrected chi connectivity index (χ1v) is 16.5. The minimum atomic E-state index is -0.897. The molecule has 2 atom stereocenters. The molecule has 0 heterocycles. The van der Waals surface area contributed by atoms with E-state index in [4.69, 9.17) is 9.47 Å². The lowest BCUT2D eigenvalue weighted by atomic mass is 10.0. The van der Waals surface area contributed by atoms with Gasteiger partial charge in [-0.1, -0.05) is 132 Å². The first-order chi connectivity index (χ1) is 20.9. The largest absolute Gasteiger partial charge is 0.462 e. The molecule has 0 aromatic heterocycles. The Labute approximate surface area is 262 Å². The summed E-state index contributed by atoms with van der Waals surface area (Å²) in [6.07, 6.45) is 35.9. The van der Waals surface area contributed by atoms with E-state index in [1.54, 1.807) is 12.2 Å². The molecule has 0 aliphatic rings. The standard InChI is InChI=1S/C37H60O6/c1-4-5-6-7-8-9-10-11-12-13-14-15-16-17-21-24-27-34(39)29-30-37(41)43-35(31-38)32-42-36(40)28-25-22-19-18-20-23-26-33(2)3/h5-6,8-9,11-12,14-15,17,21,24,27,33-35,38-39H,4,7,10,13,16,18-20,22-23,25-26,28-32H2,1-3H3/b6-5-,9-8-,12-11-,15-14-,21-17-,27-24-/t34?,35-/m0/s1. The summed E-state index contributed by atoms with van der Waals surface area (Å²) >= 11 is 0. The van der Waals surface area contributed by atoms with Gasteiger partial charge in [0.15, 0.2) is 6.10 Å². The second kappa shape index (κ2) is 30.7. The van der Waals surface area contributed by atoms with Gasteiger partial charge in [-0.2, -0.15) is 0 Å². The Balaban J connectivity index is 3.93. The Morgan fingerprint density at radius 1 is 0.674 bits per heavy atom. The molecule has 6 nitrogen and oxygen atoms in total. The van der Waals surface area contributed by atoms with Crippen LogP contribution in [0, 0.1) is 5.92 Å². The van der Waals surface area contributed by atoms with Gasteiger partial charge < -0.3 is 19.7 Å². The average Bonchev–Trinajstić information content (AvgIpc) is 2.99. The lowest BCUT2D eigenvalue weighted by molar-refractivity contribution is -0.161. The lowest BCUT2D eigenvalue weighted by Gasteiger charge is -2.16. The van der Waals surface area contributed by atoms with Gasteiger partial charge in [0.2, 0.25) is 0 Å². The number of carbonyl (C=O) groups is 2.